The molecule has 0 unspecified atom stereocenters. The van der Waals surface area contributed by atoms with Crippen molar-refractivity contribution >= 4 is 28.6 Å². The smallest absolute Gasteiger partial charge is 0.303 e. The lowest BCUT2D eigenvalue weighted by Gasteiger charge is -2.41. The molecule has 216 valence electrons. The van der Waals surface area contributed by atoms with Crippen molar-refractivity contribution in [1.82, 2.24) is 9.88 Å². The predicted molar refractivity (Wildman–Crippen MR) is 144 cm³/mol. The number of rotatable bonds is 12. The molecule has 11 heteroatoms. The number of hydrogen-bond acceptors (Lipinski definition) is 5. The number of nitrogens with zero attached hydrogens (tertiary/aromatic N) is 2. The molecule has 2 aromatic carbocycles. The maximum Gasteiger partial charge on any atom is 0.303 e. The molecule has 1 fully saturated rings. The number of piperidine rings is 1. The minimum Gasteiger partial charge on any atom is -0.497 e. The summed E-state index contributed by atoms with van der Waals surface area (Å²) in [7, 11) is 1.49. The molecule has 1 N–H and O–H groups in total. The van der Waals surface area contributed by atoms with E-state index < -0.39 is 41.7 Å². The summed E-state index contributed by atoms with van der Waals surface area (Å²) in [5.41, 5.74) is 0.256. The Labute approximate surface area is 233 Å². The number of aromatic nitrogens is 1. The molecule has 1 aliphatic rings. The highest BCUT2D eigenvalue weighted by Crippen LogP contribution is 2.43. The molecule has 3 aromatic rings. The third kappa shape index (κ3) is 7.04. The zero-order valence-electron chi connectivity index (χ0n) is 22.1. The lowest BCUT2D eigenvalue weighted by molar-refractivity contribution is -0.141. The Hall–Kier alpha value is -2.92. The Morgan fingerprint density at radius 1 is 1.20 bits per heavy atom. The van der Waals surface area contributed by atoms with E-state index in [2.05, 4.69) is 9.88 Å². The maximum atomic E-state index is 15.8. The number of fused-ring (bicyclic) bond motifs is 1. The summed E-state index contributed by atoms with van der Waals surface area (Å²) in [6, 6.07) is 6.48. The van der Waals surface area contributed by atoms with E-state index in [0.29, 0.717) is 67.4 Å². The largest absolute Gasteiger partial charge is 0.497 e. The number of benzene rings is 2. The number of methoxy groups -OCH3 is 1. The number of carboxylic acid groups (broad SMARTS) is 1. The molecule has 0 saturated carbocycles. The van der Waals surface area contributed by atoms with E-state index in [1.165, 1.54) is 13.3 Å². The van der Waals surface area contributed by atoms with Crippen LogP contribution in [-0.2, 0) is 11.5 Å². The van der Waals surface area contributed by atoms with E-state index in [0.717, 1.165) is 17.8 Å². The van der Waals surface area contributed by atoms with E-state index >= 15 is 4.39 Å². The number of halogens is 5. The summed E-state index contributed by atoms with van der Waals surface area (Å²) in [6.07, 6.45) is 1.06. The first kappa shape index (κ1) is 30.0. The lowest BCUT2D eigenvalue weighted by Crippen LogP contribution is -2.42. The molecule has 2 heterocycles. The van der Waals surface area contributed by atoms with Crippen molar-refractivity contribution in [3.8, 4) is 5.75 Å². The highest BCUT2D eigenvalue weighted by atomic mass is 32.2. The van der Waals surface area contributed by atoms with Crippen LogP contribution in [-0.4, -0.2) is 53.5 Å². The topological polar surface area (TPSA) is 62.7 Å². The summed E-state index contributed by atoms with van der Waals surface area (Å²) in [5.74, 6) is -3.24. The zero-order valence-corrected chi connectivity index (χ0v) is 22.9. The van der Waals surface area contributed by atoms with Gasteiger partial charge in [-0.15, -0.1) is 11.8 Å². The Kier molecular flexibility index (Phi) is 9.89. The van der Waals surface area contributed by atoms with E-state index in [-0.39, 0.29) is 28.9 Å². The second kappa shape index (κ2) is 13.2. The van der Waals surface area contributed by atoms with Crippen molar-refractivity contribution < 1.29 is 36.6 Å². The zero-order chi connectivity index (χ0) is 28.9. The highest BCUT2D eigenvalue weighted by Gasteiger charge is 2.37. The quantitative estimate of drug-likeness (QED) is 0.138. The third-order valence-electron chi connectivity index (χ3n) is 7.65. The monoisotopic (exact) mass is 582 g/mol. The number of aliphatic carboxylic acids is 1. The molecule has 4 rings (SSSR count). The number of likely N-dealkylation sites (tertiary alicyclic amines) is 1. The molecule has 1 aromatic heterocycles. The number of hydrogen-bond donors (Lipinski definition) is 1. The molecule has 0 bridgehead atoms. The second-order valence-electron chi connectivity index (χ2n) is 10.2. The molecule has 0 amide bonds. The van der Waals surface area contributed by atoms with Gasteiger partial charge in [-0.25, -0.2) is 22.0 Å². The Balaban J connectivity index is 1.41. The molecular formula is C29H31F5N2O3S. The van der Waals surface area contributed by atoms with Gasteiger partial charge in [-0.3, -0.25) is 9.78 Å². The van der Waals surface area contributed by atoms with Gasteiger partial charge >= 0.3 is 5.97 Å². The number of carbonyl (C=O) groups is 1. The molecule has 40 heavy (non-hydrogen) atoms. The van der Waals surface area contributed by atoms with Crippen molar-refractivity contribution in [1.29, 1.82) is 0 Å². The fourth-order valence-electron chi connectivity index (χ4n) is 5.42. The number of ether oxygens (including phenoxy) is 1. The van der Waals surface area contributed by atoms with Crippen LogP contribution in [0.25, 0.3) is 10.9 Å². The molecule has 1 aliphatic heterocycles. The normalized spacial score (nSPS) is 16.2. The second-order valence-corrected chi connectivity index (χ2v) is 11.3. The first-order valence-electron chi connectivity index (χ1n) is 13.0. The Morgan fingerprint density at radius 3 is 2.62 bits per heavy atom. The lowest BCUT2D eigenvalue weighted by atomic mass is 9.71. The SMILES string of the molecule is COc1ccc2ncc(CF)c([C@@H](F)CCC3(CC(=O)O)CCN(CCSc4cc(F)cc(F)c4F)CC3)c2c1. The Bertz CT molecular complexity index is 1350. The fourth-order valence-corrected chi connectivity index (χ4v) is 6.41. The van der Waals surface area contributed by atoms with Crippen LogP contribution in [0.15, 0.2) is 41.4 Å². The highest BCUT2D eigenvalue weighted by molar-refractivity contribution is 7.99. The van der Waals surface area contributed by atoms with Gasteiger partial charge in [0.1, 0.15) is 24.4 Å². The van der Waals surface area contributed by atoms with Gasteiger partial charge in [0, 0.05) is 46.0 Å². The van der Waals surface area contributed by atoms with Crippen LogP contribution in [0.1, 0.15) is 49.4 Å². The van der Waals surface area contributed by atoms with Gasteiger partial charge in [-0.2, -0.15) is 0 Å². The van der Waals surface area contributed by atoms with E-state index in [9.17, 15) is 27.5 Å². The molecule has 1 saturated heterocycles. The van der Waals surface area contributed by atoms with Crippen LogP contribution in [0.2, 0.25) is 0 Å². The van der Waals surface area contributed by atoms with Gasteiger partial charge in [0.25, 0.3) is 0 Å². The third-order valence-corrected chi connectivity index (χ3v) is 8.65. The van der Waals surface area contributed by atoms with Crippen molar-refractivity contribution in [3.05, 3.63) is 65.1 Å². The molecule has 0 aliphatic carbocycles. The van der Waals surface area contributed by atoms with Gasteiger partial charge < -0.3 is 14.7 Å². The molecular weight excluding hydrogens is 551 g/mol. The van der Waals surface area contributed by atoms with Gasteiger partial charge in [-0.05, 0) is 68.5 Å². The summed E-state index contributed by atoms with van der Waals surface area (Å²) in [4.78, 5) is 18.0. The summed E-state index contributed by atoms with van der Waals surface area (Å²) in [5, 5.41) is 10.1. The fraction of sp³-hybridized carbons (Fsp3) is 0.448. The number of thioether (sulfide) groups is 1. The van der Waals surface area contributed by atoms with Crippen LogP contribution < -0.4 is 4.74 Å². The van der Waals surface area contributed by atoms with Crippen LogP contribution in [0.5, 0.6) is 5.75 Å². The van der Waals surface area contributed by atoms with Crippen LogP contribution in [0, 0.1) is 22.9 Å². The van der Waals surface area contributed by atoms with Crippen molar-refractivity contribution in [2.24, 2.45) is 5.41 Å². The van der Waals surface area contributed by atoms with E-state index in [1.807, 2.05) is 0 Å². The van der Waals surface area contributed by atoms with Gasteiger partial charge in [0.2, 0.25) is 0 Å². The summed E-state index contributed by atoms with van der Waals surface area (Å²) in [6.45, 7) is 0.739. The molecule has 5 nitrogen and oxygen atoms in total. The van der Waals surface area contributed by atoms with Crippen molar-refractivity contribution in [2.75, 3.05) is 32.5 Å². The maximum absolute atomic E-state index is 15.8. The number of carboxylic acids is 1. The van der Waals surface area contributed by atoms with Crippen LogP contribution >= 0.6 is 11.8 Å². The number of alkyl halides is 2. The minimum absolute atomic E-state index is 0.0247. The predicted octanol–water partition coefficient (Wildman–Crippen LogP) is 7.27. The number of pyridine rings is 1. The average molecular weight is 583 g/mol. The van der Waals surface area contributed by atoms with Gasteiger partial charge in [-0.1, -0.05) is 0 Å². The Morgan fingerprint density at radius 2 is 1.95 bits per heavy atom. The van der Waals surface area contributed by atoms with E-state index in [4.69, 9.17) is 4.74 Å². The molecule has 1 atom stereocenters. The first-order valence-corrected chi connectivity index (χ1v) is 14.0. The minimum atomic E-state index is -1.52. The standard InChI is InChI=1S/C29H31F5N2O3S/c1-39-20-2-3-24-21(14-20)27(18(16-30)17-35-24)22(32)4-5-29(15-26(37)38)6-8-36(9-7-29)10-11-40-25-13-19(31)12-23(33)28(25)34/h2-3,12-14,17,22H,4-11,15-16H2,1H3,(H,37,38)/t22-/m0/s1. The summed E-state index contributed by atoms with van der Waals surface area (Å²) < 4.78 is 75.7. The van der Waals surface area contributed by atoms with E-state index in [1.54, 1.807) is 18.2 Å². The molecule has 0 radical (unpaired) electrons. The van der Waals surface area contributed by atoms with Crippen molar-refractivity contribution in [2.45, 2.75) is 49.8 Å². The first-order chi connectivity index (χ1) is 19.1. The summed E-state index contributed by atoms with van der Waals surface area (Å²) >= 11 is 1.01. The average Bonchev–Trinajstić information content (AvgIpc) is 2.94. The van der Waals surface area contributed by atoms with Crippen LogP contribution in [0.4, 0.5) is 22.0 Å². The van der Waals surface area contributed by atoms with Crippen molar-refractivity contribution in [3.63, 3.8) is 0 Å². The van der Waals surface area contributed by atoms with Gasteiger partial charge in [0.15, 0.2) is 11.6 Å². The molecule has 0 spiro atoms. The van der Waals surface area contributed by atoms with Crippen LogP contribution in [0.3, 0.4) is 0 Å². The van der Waals surface area contributed by atoms with Gasteiger partial charge in [0.05, 0.1) is 19.0 Å².